The Morgan fingerprint density at radius 2 is 2.05 bits per heavy atom. The van der Waals surface area contributed by atoms with Gasteiger partial charge in [-0.1, -0.05) is 24.0 Å². The van der Waals surface area contributed by atoms with Gasteiger partial charge in [0.05, 0.1) is 6.04 Å². The number of carbonyl (C=O) groups is 1. The fraction of sp³-hybridized carbons (Fsp3) is 0.125. The molecule has 0 saturated carbocycles. The summed E-state index contributed by atoms with van der Waals surface area (Å²) in [6.45, 7) is 0.311. The van der Waals surface area contributed by atoms with Crippen molar-refractivity contribution in [3.63, 3.8) is 0 Å². The summed E-state index contributed by atoms with van der Waals surface area (Å²) in [5.41, 5.74) is 2.27. The molecular formula is C16H11FN2O2. The summed E-state index contributed by atoms with van der Waals surface area (Å²) < 4.78 is 17.8. The Morgan fingerprint density at radius 1 is 1.24 bits per heavy atom. The number of amides is 1. The fourth-order valence-electron chi connectivity index (χ4n) is 2.02. The number of hydrogen-bond acceptors (Lipinski definition) is 3. The molecular weight excluding hydrogens is 271 g/mol. The summed E-state index contributed by atoms with van der Waals surface area (Å²) in [6, 6.07) is 10.3. The maximum atomic E-state index is 13.0. The molecule has 1 N–H and O–H groups in total. The van der Waals surface area contributed by atoms with Crippen LogP contribution in [0.4, 0.5) is 9.18 Å². The minimum Gasteiger partial charge on any atom is -0.447 e. The van der Waals surface area contributed by atoms with E-state index < -0.39 is 12.0 Å². The first-order valence-corrected chi connectivity index (χ1v) is 6.37. The maximum Gasteiger partial charge on any atom is 0.407 e. The molecule has 5 heteroatoms. The Labute approximate surface area is 121 Å². The third kappa shape index (κ3) is 3.18. The smallest absolute Gasteiger partial charge is 0.407 e. The third-order valence-corrected chi connectivity index (χ3v) is 3.04. The van der Waals surface area contributed by atoms with Gasteiger partial charge in [0.2, 0.25) is 5.95 Å². The molecule has 21 heavy (non-hydrogen) atoms. The standard InChI is InChI=1S/C16H11FN2O2/c17-15-9-12(6-7-18-15)5-4-11-2-1-3-13(8-11)14-10-21-16(20)19-14/h1-3,6-9,14H,10H2,(H,19,20)/t14-/m0/s1. The zero-order chi connectivity index (χ0) is 14.7. The van der Waals surface area contributed by atoms with E-state index in [9.17, 15) is 9.18 Å². The van der Waals surface area contributed by atoms with Crippen molar-refractivity contribution in [2.24, 2.45) is 0 Å². The molecule has 0 aliphatic carbocycles. The van der Waals surface area contributed by atoms with Crippen molar-refractivity contribution in [1.82, 2.24) is 10.3 Å². The molecule has 2 heterocycles. The second-order valence-electron chi connectivity index (χ2n) is 4.54. The number of carbonyl (C=O) groups excluding carboxylic acids is 1. The van der Waals surface area contributed by atoms with Crippen molar-refractivity contribution in [3.05, 3.63) is 65.2 Å². The molecule has 1 aliphatic heterocycles. The van der Waals surface area contributed by atoms with Crippen LogP contribution in [0.2, 0.25) is 0 Å². The average Bonchev–Trinajstić information content (AvgIpc) is 2.92. The van der Waals surface area contributed by atoms with Crippen LogP contribution in [0.1, 0.15) is 22.7 Å². The van der Waals surface area contributed by atoms with Crippen molar-refractivity contribution < 1.29 is 13.9 Å². The van der Waals surface area contributed by atoms with Crippen LogP contribution in [0.3, 0.4) is 0 Å². The summed E-state index contributed by atoms with van der Waals surface area (Å²) in [7, 11) is 0. The quantitative estimate of drug-likeness (QED) is 0.645. The van der Waals surface area contributed by atoms with E-state index in [0.29, 0.717) is 12.2 Å². The van der Waals surface area contributed by atoms with Gasteiger partial charge in [0.1, 0.15) is 6.61 Å². The molecule has 1 saturated heterocycles. The van der Waals surface area contributed by atoms with Crippen LogP contribution in [0.5, 0.6) is 0 Å². The largest absolute Gasteiger partial charge is 0.447 e. The van der Waals surface area contributed by atoms with Gasteiger partial charge in [-0.05, 0) is 23.8 Å². The van der Waals surface area contributed by atoms with E-state index in [0.717, 1.165) is 11.1 Å². The molecule has 1 fully saturated rings. The Kier molecular flexibility index (Phi) is 3.52. The van der Waals surface area contributed by atoms with Crippen molar-refractivity contribution in [3.8, 4) is 11.8 Å². The van der Waals surface area contributed by atoms with Gasteiger partial charge in [-0.25, -0.2) is 9.78 Å². The number of aromatic nitrogens is 1. The third-order valence-electron chi connectivity index (χ3n) is 3.04. The predicted octanol–water partition coefficient (Wildman–Crippen LogP) is 2.40. The van der Waals surface area contributed by atoms with Crippen LogP contribution in [0.15, 0.2) is 42.6 Å². The predicted molar refractivity (Wildman–Crippen MR) is 73.8 cm³/mol. The lowest BCUT2D eigenvalue weighted by Crippen LogP contribution is -2.18. The Morgan fingerprint density at radius 3 is 2.76 bits per heavy atom. The van der Waals surface area contributed by atoms with Crippen LogP contribution >= 0.6 is 0 Å². The molecule has 1 aliphatic rings. The molecule has 0 radical (unpaired) electrons. The normalized spacial score (nSPS) is 16.6. The highest BCUT2D eigenvalue weighted by Crippen LogP contribution is 2.18. The van der Waals surface area contributed by atoms with Crippen LogP contribution < -0.4 is 5.32 Å². The van der Waals surface area contributed by atoms with E-state index in [4.69, 9.17) is 4.74 Å². The number of pyridine rings is 1. The lowest BCUT2D eigenvalue weighted by atomic mass is 10.0. The van der Waals surface area contributed by atoms with Gasteiger partial charge in [-0.15, -0.1) is 0 Å². The zero-order valence-corrected chi connectivity index (χ0v) is 11.0. The summed E-state index contributed by atoms with van der Waals surface area (Å²) in [4.78, 5) is 14.5. The van der Waals surface area contributed by atoms with E-state index in [2.05, 4.69) is 22.1 Å². The second kappa shape index (κ2) is 5.63. The molecule has 0 bridgehead atoms. The van der Waals surface area contributed by atoms with Crippen LogP contribution in [-0.4, -0.2) is 17.7 Å². The second-order valence-corrected chi connectivity index (χ2v) is 4.54. The number of rotatable bonds is 1. The molecule has 1 atom stereocenters. The van der Waals surface area contributed by atoms with Gasteiger partial charge < -0.3 is 10.1 Å². The van der Waals surface area contributed by atoms with Crippen LogP contribution in [-0.2, 0) is 4.74 Å². The number of nitrogens with zero attached hydrogens (tertiary/aromatic N) is 1. The molecule has 1 aromatic carbocycles. The summed E-state index contributed by atoms with van der Waals surface area (Å²) in [6.07, 6.45) is 0.963. The maximum absolute atomic E-state index is 13.0. The highest BCUT2D eigenvalue weighted by atomic mass is 19.1. The zero-order valence-electron chi connectivity index (χ0n) is 11.0. The molecule has 1 amide bonds. The van der Waals surface area contributed by atoms with Gasteiger partial charge >= 0.3 is 6.09 Å². The van der Waals surface area contributed by atoms with E-state index in [1.165, 1.54) is 12.3 Å². The van der Waals surface area contributed by atoms with Crippen LogP contribution in [0, 0.1) is 17.8 Å². The van der Waals surface area contributed by atoms with Gasteiger partial charge in [0.15, 0.2) is 0 Å². The first-order chi connectivity index (χ1) is 10.2. The number of benzene rings is 1. The van der Waals surface area contributed by atoms with Crippen molar-refractivity contribution in [1.29, 1.82) is 0 Å². The van der Waals surface area contributed by atoms with Crippen molar-refractivity contribution in [2.75, 3.05) is 6.61 Å². The van der Waals surface area contributed by atoms with Gasteiger partial charge in [-0.3, -0.25) is 0 Å². The number of halogens is 1. The van der Waals surface area contributed by atoms with E-state index in [1.54, 1.807) is 6.07 Å². The summed E-state index contributed by atoms with van der Waals surface area (Å²) >= 11 is 0. The molecule has 0 unspecified atom stereocenters. The van der Waals surface area contributed by atoms with Gasteiger partial charge in [0.25, 0.3) is 0 Å². The first kappa shape index (κ1) is 13.1. The monoisotopic (exact) mass is 282 g/mol. The molecule has 2 aromatic rings. The summed E-state index contributed by atoms with van der Waals surface area (Å²) in [5.74, 6) is 5.29. The summed E-state index contributed by atoms with van der Waals surface area (Å²) in [5, 5.41) is 2.71. The average molecular weight is 282 g/mol. The Balaban J connectivity index is 1.82. The Bertz CT molecular complexity index is 749. The molecule has 1 aromatic heterocycles. The minimum atomic E-state index is -0.554. The number of ether oxygens (including phenoxy) is 1. The van der Waals surface area contributed by atoms with Crippen LogP contribution in [0.25, 0.3) is 0 Å². The molecule has 3 rings (SSSR count). The fourth-order valence-corrected chi connectivity index (χ4v) is 2.02. The van der Waals surface area contributed by atoms with Gasteiger partial charge in [0, 0.05) is 23.4 Å². The molecule has 4 nitrogen and oxygen atoms in total. The topological polar surface area (TPSA) is 51.2 Å². The van der Waals surface area contributed by atoms with E-state index >= 15 is 0 Å². The number of nitrogens with one attached hydrogen (secondary N) is 1. The van der Waals surface area contributed by atoms with E-state index in [1.807, 2.05) is 24.3 Å². The number of hydrogen-bond donors (Lipinski definition) is 1. The van der Waals surface area contributed by atoms with Gasteiger partial charge in [-0.2, -0.15) is 4.39 Å². The highest BCUT2D eigenvalue weighted by molar-refractivity contribution is 5.70. The number of cyclic esters (lactones) is 1. The Hall–Kier alpha value is -2.87. The lowest BCUT2D eigenvalue weighted by molar-refractivity contribution is 0.177. The highest BCUT2D eigenvalue weighted by Gasteiger charge is 2.23. The molecule has 104 valence electrons. The lowest BCUT2D eigenvalue weighted by Gasteiger charge is -2.07. The van der Waals surface area contributed by atoms with Crippen molar-refractivity contribution >= 4 is 6.09 Å². The molecule has 0 spiro atoms. The minimum absolute atomic E-state index is 0.155. The van der Waals surface area contributed by atoms with Crippen molar-refractivity contribution in [2.45, 2.75) is 6.04 Å². The first-order valence-electron chi connectivity index (χ1n) is 6.37. The SMILES string of the molecule is O=C1N[C@H](c2cccc(C#Cc3ccnc(F)c3)c2)CO1. The van der Waals surface area contributed by atoms with E-state index in [-0.39, 0.29) is 6.04 Å². The number of alkyl carbamates (subject to hydrolysis) is 1.